The molecule has 1 heterocycles. The van der Waals surface area contributed by atoms with E-state index in [4.69, 9.17) is 0 Å². The van der Waals surface area contributed by atoms with E-state index >= 15 is 0 Å². The van der Waals surface area contributed by atoms with E-state index in [9.17, 15) is 14.0 Å². The highest BCUT2D eigenvalue weighted by atomic mass is 19.1. The Bertz CT molecular complexity index is 809. The SMILES string of the molecule is Cc1ccc(C)c(C(=O)CN2CCN(C(=O)c3ccc(F)cc3)CC2)c1. The van der Waals surface area contributed by atoms with Crippen LogP contribution in [-0.2, 0) is 0 Å². The van der Waals surface area contributed by atoms with Gasteiger partial charge in [0.2, 0.25) is 0 Å². The van der Waals surface area contributed by atoms with Crippen LogP contribution in [0.2, 0.25) is 0 Å². The number of amides is 1. The Morgan fingerprint density at radius 1 is 0.962 bits per heavy atom. The minimum atomic E-state index is -0.351. The molecule has 0 unspecified atom stereocenters. The van der Waals surface area contributed by atoms with Crippen molar-refractivity contribution in [3.05, 3.63) is 70.5 Å². The Hall–Kier alpha value is -2.53. The summed E-state index contributed by atoms with van der Waals surface area (Å²) in [4.78, 5) is 28.9. The van der Waals surface area contributed by atoms with Crippen molar-refractivity contribution in [1.82, 2.24) is 9.80 Å². The molecule has 4 nitrogen and oxygen atoms in total. The molecule has 0 bridgehead atoms. The first kappa shape index (κ1) is 18.3. The van der Waals surface area contributed by atoms with E-state index in [1.807, 2.05) is 32.0 Å². The maximum Gasteiger partial charge on any atom is 0.253 e. The van der Waals surface area contributed by atoms with Crippen LogP contribution in [0.4, 0.5) is 4.39 Å². The molecule has 0 saturated carbocycles. The summed E-state index contributed by atoms with van der Waals surface area (Å²) in [5.74, 6) is -0.327. The lowest BCUT2D eigenvalue weighted by Gasteiger charge is -2.34. The van der Waals surface area contributed by atoms with Crippen molar-refractivity contribution in [1.29, 1.82) is 0 Å². The Labute approximate surface area is 153 Å². The van der Waals surface area contributed by atoms with Crippen LogP contribution < -0.4 is 0 Å². The molecule has 136 valence electrons. The van der Waals surface area contributed by atoms with E-state index in [0.717, 1.165) is 16.7 Å². The minimum Gasteiger partial charge on any atom is -0.336 e. The van der Waals surface area contributed by atoms with E-state index in [2.05, 4.69) is 4.90 Å². The third kappa shape index (κ3) is 4.17. The zero-order valence-electron chi connectivity index (χ0n) is 15.2. The van der Waals surface area contributed by atoms with Crippen LogP contribution in [0, 0.1) is 19.7 Å². The van der Waals surface area contributed by atoms with E-state index in [1.165, 1.54) is 24.3 Å². The number of aryl methyl sites for hydroxylation is 2. The summed E-state index contributed by atoms with van der Waals surface area (Å²) in [5.41, 5.74) is 3.33. The number of piperazine rings is 1. The molecule has 0 aliphatic carbocycles. The van der Waals surface area contributed by atoms with Gasteiger partial charge >= 0.3 is 0 Å². The molecule has 1 fully saturated rings. The van der Waals surface area contributed by atoms with Crippen LogP contribution in [0.1, 0.15) is 31.8 Å². The molecule has 0 atom stereocenters. The smallest absolute Gasteiger partial charge is 0.253 e. The molecule has 1 aliphatic heterocycles. The van der Waals surface area contributed by atoms with Crippen molar-refractivity contribution < 1.29 is 14.0 Å². The topological polar surface area (TPSA) is 40.6 Å². The lowest BCUT2D eigenvalue weighted by Crippen LogP contribution is -2.49. The van der Waals surface area contributed by atoms with Crippen molar-refractivity contribution in [2.75, 3.05) is 32.7 Å². The molecule has 26 heavy (non-hydrogen) atoms. The van der Waals surface area contributed by atoms with Crippen molar-refractivity contribution in [2.24, 2.45) is 0 Å². The highest BCUT2D eigenvalue weighted by molar-refractivity contribution is 5.99. The van der Waals surface area contributed by atoms with Gasteiger partial charge in [0, 0.05) is 37.3 Å². The Balaban J connectivity index is 1.56. The van der Waals surface area contributed by atoms with Gasteiger partial charge in [-0.3, -0.25) is 14.5 Å². The van der Waals surface area contributed by atoms with E-state index < -0.39 is 0 Å². The van der Waals surface area contributed by atoms with Crippen molar-refractivity contribution in [3.8, 4) is 0 Å². The van der Waals surface area contributed by atoms with Gasteiger partial charge < -0.3 is 4.90 Å². The Morgan fingerprint density at radius 3 is 2.27 bits per heavy atom. The highest BCUT2D eigenvalue weighted by Gasteiger charge is 2.24. The largest absolute Gasteiger partial charge is 0.336 e. The van der Waals surface area contributed by atoms with Gasteiger partial charge in [-0.2, -0.15) is 0 Å². The van der Waals surface area contributed by atoms with Gasteiger partial charge in [-0.25, -0.2) is 4.39 Å². The third-order valence-electron chi connectivity index (χ3n) is 4.81. The first-order chi connectivity index (χ1) is 12.4. The average molecular weight is 354 g/mol. The van der Waals surface area contributed by atoms with Gasteiger partial charge in [0.15, 0.2) is 5.78 Å². The number of benzene rings is 2. The van der Waals surface area contributed by atoms with E-state index in [1.54, 1.807) is 4.90 Å². The molecule has 0 aromatic heterocycles. The number of carbonyl (C=O) groups excluding carboxylic acids is 2. The number of hydrogen-bond donors (Lipinski definition) is 0. The number of ketones is 1. The Morgan fingerprint density at radius 2 is 1.62 bits per heavy atom. The molecule has 0 spiro atoms. The second-order valence-corrected chi connectivity index (χ2v) is 6.82. The van der Waals surface area contributed by atoms with Crippen LogP contribution in [-0.4, -0.2) is 54.2 Å². The lowest BCUT2D eigenvalue weighted by molar-refractivity contribution is 0.0624. The number of hydrogen-bond acceptors (Lipinski definition) is 3. The highest BCUT2D eigenvalue weighted by Crippen LogP contribution is 2.14. The number of carbonyl (C=O) groups is 2. The van der Waals surface area contributed by atoms with Crippen molar-refractivity contribution in [3.63, 3.8) is 0 Å². The molecule has 1 saturated heterocycles. The first-order valence-corrected chi connectivity index (χ1v) is 8.81. The number of nitrogens with zero attached hydrogens (tertiary/aromatic N) is 2. The predicted molar refractivity (Wildman–Crippen MR) is 99.0 cm³/mol. The number of rotatable bonds is 4. The summed E-state index contributed by atoms with van der Waals surface area (Å²) in [5, 5.41) is 0. The fourth-order valence-corrected chi connectivity index (χ4v) is 3.21. The van der Waals surface area contributed by atoms with Crippen LogP contribution >= 0.6 is 0 Å². The molecule has 0 N–H and O–H groups in total. The summed E-state index contributed by atoms with van der Waals surface area (Å²) >= 11 is 0. The van der Waals surface area contributed by atoms with Gasteiger partial charge in [0.05, 0.1) is 6.54 Å². The van der Waals surface area contributed by atoms with Gasteiger partial charge in [0.25, 0.3) is 5.91 Å². The lowest BCUT2D eigenvalue weighted by atomic mass is 10.0. The zero-order valence-corrected chi connectivity index (χ0v) is 15.2. The monoisotopic (exact) mass is 354 g/mol. The first-order valence-electron chi connectivity index (χ1n) is 8.81. The van der Waals surface area contributed by atoms with Gasteiger partial charge in [-0.1, -0.05) is 17.7 Å². The molecule has 0 radical (unpaired) electrons. The van der Waals surface area contributed by atoms with Crippen LogP contribution in [0.5, 0.6) is 0 Å². The van der Waals surface area contributed by atoms with Crippen LogP contribution in [0.15, 0.2) is 42.5 Å². The third-order valence-corrected chi connectivity index (χ3v) is 4.81. The zero-order chi connectivity index (χ0) is 18.7. The van der Waals surface area contributed by atoms with Crippen molar-refractivity contribution in [2.45, 2.75) is 13.8 Å². The average Bonchev–Trinajstić information content (AvgIpc) is 2.64. The molecule has 5 heteroatoms. The number of halogens is 1. The quantitative estimate of drug-likeness (QED) is 0.793. The standard InChI is InChI=1S/C21H23FN2O2/c1-15-3-4-16(2)19(13-15)20(25)14-23-9-11-24(12-10-23)21(26)17-5-7-18(22)8-6-17/h3-8,13H,9-12,14H2,1-2H3. The summed E-state index contributed by atoms with van der Waals surface area (Å²) < 4.78 is 13.0. The van der Waals surface area contributed by atoms with Gasteiger partial charge in [-0.05, 0) is 49.7 Å². The Kier molecular flexibility index (Phi) is 5.47. The minimum absolute atomic E-state index is 0.0921. The molecule has 2 aromatic carbocycles. The maximum absolute atomic E-state index is 13.0. The van der Waals surface area contributed by atoms with Crippen LogP contribution in [0.25, 0.3) is 0 Å². The summed E-state index contributed by atoms with van der Waals surface area (Å²) in [6.07, 6.45) is 0. The molecule has 3 rings (SSSR count). The molecule has 1 amide bonds. The van der Waals surface area contributed by atoms with Crippen LogP contribution in [0.3, 0.4) is 0 Å². The molecular formula is C21H23FN2O2. The molecule has 1 aliphatic rings. The second-order valence-electron chi connectivity index (χ2n) is 6.82. The van der Waals surface area contributed by atoms with E-state index in [-0.39, 0.29) is 17.5 Å². The number of Topliss-reactive ketones (excluding diaryl/α,β-unsaturated/α-hetero) is 1. The van der Waals surface area contributed by atoms with Gasteiger partial charge in [-0.15, -0.1) is 0 Å². The maximum atomic E-state index is 13.0. The van der Waals surface area contributed by atoms with Crippen molar-refractivity contribution >= 4 is 11.7 Å². The van der Waals surface area contributed by atoms with E-state index in [0.29, 0.717) is 38.3 Å². The fourth-order valence-electron chi connectivity index (χ4n) is 3.21. The predicted octanol–water partition coefficient (Wildman–Crippen LogP) is 3.08. The summed E-state index contributed by atoms with van der Waals surface area (Å²) in [7, 11) is 0. The summed E-state index contributed by atoms with van der Waals surface area (Å²) in [6.45, 7) is 6.74. The van der Waals surface area contributed by atoms with Gasteiger partial charge in [0.1, 0.15) is 5.82 Å². The molecule has 2 aromatic rings. The second kappa shape index (κ2) is 7.79. The fraction of sp³-hybridized carbons (Fsp3) is 0.333. The normalized spacial score (nSPS) is 15.1. The molecular weight excluding hydrogens is 331 g/mol. The summed E-state index contributed by atoms with van der Waals surface area (Å²) in [6, 6.07) is 11.5.